The van der Waals surface area contributed by atoms with Gasteiger partial charge in [0.25, 0.3) is 0 Å². The Balaban J connectivity index is 2.05. The van der Waals surface area contributed by atoms with E-state index in [0.29, 0.717) is 12.2 Å². The van der Waals surface area contributed by atoms with Crippen LogP contribution in [0.1, 0.15) is 5.56 Å². The van der Waals surface area contributed by atoms with Gasteiger partial charge >= 0.3 is 0 Å². The number of nitrogens with one attached hydrogen (secondary N) is 1. The lowest BCUT2D eigenvalue weighted by molar-refractivity contribution is -0.123. The molecule has 0 aromatic heterocycles. The van der Waals surface area contributed by atoms with Crippen molar-refractivity contribution in [3.8, 4) is 5.75 Å². The van der Waals surface area contributed by atoms with Crippen LogP contribution in [0.15, 0.2) is 24.3 Å². The molecule has 0 aliphatic carbocycles. The van der Waals surface area contributed by atoms with Crippen molar-refractivity contribution in [2.75, 3.05) is 20.2 Å². The molecule has 80 valence electrons. The Bertz CT molecular complexity index is 358. The molecule has 0 radical (unpaired) electrons. The normalized spacial score (nSPS) is 15.8. The third-order valence-corrected chi connectivity index (χ3v) is 2.79. The highest BCUT2D eigenvalue weighted by Crippen LogP contribution is 2.19. The van der Waals surface area contributed by atoms with E-state index in [-0.39, 0.29) is 5.92 Å². The number of hydrogen-bond donors (Lipinski definition) is 1. The molecule has 1 N–H and O–H groups in total. The third-order valence-electron chi connectivity index (χ3n) is 2.79. The van der Waals surface area contributed by atoms with Crippen LogP contribution in [-0.2, 0) is 11.2 Å². The maximum Gasteiger partial charge on any atom is 0.143 e. The Morgan fingerprint density at radius 3 is 2.80 bits per heavy atom. The van der Waals surface area contributed by atoms with Crippen LogP contribution in [0.5, 0.6) is 5.75 Å². The maximum atomic E-state index is 11.8. The first-order valence-corrected chi connectivity index (χ1v) is 5.16. The highest BCUT2D eigenvalue weighted by Gasteiger charge is 2.25. The summed E-state index contributed by atoms with van der Waals surface area (Å²) in [4.78, 5) is 11.8. The van der Waals surface area contributed by atoms with Crippen molar-refractivity contribution < 1.29 is 9.53 Å². The first-order valence-electron chi connectivity index (χ1n) is 5.16. The van der Waals surface area contributed by atoms with Crippen LogP contribution in [-0.4, -0.2) is 26.0 Å². The molecule has 1 fully saturated rings. The van der Waals surface area contributed by atoms with Gasteiger partial charge in [-0.1, -0.05) is 18.2 Å². The zero-order valence-electron chi connectivity index (χ0n) is 8.82. The van der Waals surface area contributed by atoms with Crippen LogP contribution in [0.4, 0.5) is 0 Å². The van der Waals surface area contributed by atoms with E-state index in [1.54, 1.807) is 7.11 Å². The lowest BCUT2D eigenvalue weighted by Crippen LogP contribution is -2.47. The molecule has 0 spiro atoms. The molecule has 2 rings (SSSR count). The van der Waals surface area contributed by atoms with Crippen LogP contribution < -0.4 is 10.1 Å². The average Bonchev–Trinajstić information content (AvgIpc) is 2.15. The third kappa shape index (κ3) is 2.18. The summed E-state index contributed by atoms with van der Waals surface area (Å²) in [5, 5.41) is 3.10. The van der Waals surface area contributed by atoms with Crippen molar-refractivity contribution in [1.29, 1.82) is 0 Å². The van der Waals surface area contributed by atoms with Crippen molar-refractivity contribution in [1.82, 2.24) is 5.32 Å². The summed E-state index contributed by atoms with van der Waals surface area (Å²) < 4.78 is 5.21. The number of methoxy groups -OCH3 is 1. The summed E-state index contributed by atoms with van der Waals surface area (Å²) in [5.74, 6) is 1.31. The molecular formula is C12H15NO2. The molecule has 0 amide bonds. The van der Waals surface area contributed by atoms with Crippen LogP contribution in [0.2, 0.25) is 0 Å². The number of ether oxygens (including phenoxy) is 1. The minimum absolute atomic E-state index is 0.204. The number of carbonyl (C=O) groups excluding carboxylic acids is 1. The number of carbonyl (C=O) groups is 1. The van der Waals surface area contributed by atoms with Gasteiger partial charge in [0.05, 0.1) is 7.11 Å². The number of para-hydroxylation sites is 1. The smallest absolute Gasteiger partial charge is 0.143 e. The zero-order valence-corrected chi connectivity index (χ0v) is 8.82. The van der Waals surface area contributed by atoms with Crippen molar-refractivity contribution in [2.24, 2.45) is 5.92 Å². The van der Waals surface area contributed by atoms with Gasteiger partial charge in [-0.15, -0.1) is 0 Å². The van der Waals surface area contributed by atoms with Gasteiger partial charge in [0.2, 0.25) is 0 Å². The monoisotopic (exact) mass is 205 g/mol. The summed E-state index contributed by atoms with van der Waals surface area (Å²) in [7, 11) is 1.63. The highest BCUT2D eigenvalue weighted by molar-refractivity contribution is 5.85. The van der Waals surface area contributed by atoms with Crippen molar-refractivity contribution in [3.63, 3.8) is 0 Å². The number of benzene rings is 1. The topological polar surface area (TPSA) is 38.3 Å². The molecule has 1 saturated heterocycles. The fraction of sp³-hybridized carbons (Fsp3) is 0.417. The van der Waals surface area contributed by atoms with Gasteiger partial charge in [-0.2, -0.15) is 0 Å². The van der Waals surface area contributed by atoms with Crippen LogP contribution >= 0.6 is 0 Å². The predicted octanol–water partition coefficient (Wildman–Crippen LogP) is 1.03. The standard InChI is InChI=1S/C12H15NO2/c1-15-12-5-3-2-4-9(12)6-11(14)10-7-13-8-10/h2-5,10,13H,6-8H2,1H3. The van der Waals surface area contributed by atoms with E-state index in [1.165, 1.54) is 0 Å². The Morgan fingerprint density at radius 1 is 1.47 bits per heavy atom. The molecule has 0 bridgehead atoms. The molecule has 3 heteroatoms. The molecule has 15 heavy (non-hydrogen) atoms. The average molecular weight is 205 g/mol. The van der Waals surface area contributed by atoms with E-state index in [1.807, 2.05) is 24.3 Å². The minimum atomic E-state index is 0.204. The quantitative estimate of drug-likeness (QED) is 0.797. The minimum Gasteiger partial charge on any atom is -0.496 e. The fourth-order valence-electron chi connectivity index (χ4n) is 1.70. The van der Waals surface area contributed by atoms with E-state index in [2.05, 4.69) is 5.32 Å². The fourth-order valence-corrected chi connectivity index (χ4v) is 1.70. The van der Waals surface area contributed by atoms with Crippen molar-refractivity contribution in [3.05, 3.63) is 29.8 Å². The summed E-state index contributed by atoms with van der Waals surface area (Å²) >= 11 is 0. The van der Waals surface area contributed by atoms with Gasteiger partial charge in [-0.25, -0.2) is 0 Å². The van der Waals surface area contributed by atoms with Gasteiger partial charge < -0.3 is 10.1 Å². The maximum absolute atomic E-state index is 11.8. The summed E-state index contributed by atoms with van der Waals surface area (Å²) in [6, 6.07) is 7.69. The van der Waals surface area contributed by atoms with Crippen LogP contribution in [0, 0.1) is 5.92 Å². The van der Waals surface area contributed by atoms with Gasteiger partial charge in [-0.05, 0) is 6.07 Å². The second kappa shape index (κ2) is 4.45. The first kappa shape index (κ1) is 10.2. The molecule has 1 aromatic rings. The molecule has 0 unspecified atom stereocenters. The second-order valence-electron chi connectivity index (χ2n) is 3.81. The van der Waals surface area contributed by atoms with Gasteiger partial charge in [-0.3, -0.25) is 4.79 Å². The van der Waals surface area contributed by atoms with E-state index >= 15 is 0 Å². The Hall–Kier alpha value is -1.35. The molecule has 3 nitrogen and oxygen atoms in total. The summed E-state index contributed by atoms with van der Waals surface area (Å²) in [6.45, 7) is 1.65. The lowest BCUT2D eigenvalue weighted by atomic mass is 9.93. The number of hydrogen-bond acceptors (Lipinski definition) is 3. The van der Waals surface area contributed by atoms with E-state index in [9.17, 15) is 4.79 Å². The summed E-state index contributed by atoms with van der Waals surface area (Å²) in [5.41, 5.74) is 0.983. The summed E-state index contributed by atoms with van der Waals surface area (Å²) in [6.07, 6.45) is 0.482. The molecule has 1 heterocycles. The molecule has 1 aliphatic heterocycles. The van der Waals surface area contributed by atoms with E-state index in [0.717, 1.165) is 24.4 Å². The Kier molecular flexibility index (Phi) is 3.02. The SMILES string of the molecule is COc1ccccc1CC(=O)C1CNC1. The molecule has 1 aliphatic rings. The van der Waals surface area contributed by atoms with Crippen LogP contribution in [0.25, 0.3) is 0 Å². The van der Waals surface area contributed by atoms with E-state index in [4.69, 9.17) is 4.74 Å². The van der Waals surface area contributed by atoms with Crippen molar-refractivity contribution in [2.45, 2.75) is 6.42 Å². The molecule has 0 saturated carbocycles. The Labute approximate surface area is 89.4 Å². The highest BCUT2D eigenvalue weighted by atomic mass is 16.5. The van der Waals surface area contributed by atoms with Gasteiger partial charge in [0, 0.05) is 31.0 Å². The zero-order chi connectivity index (χ0) is 10.7. The molecular weight excluding hydrogens is 190 g/mol. The largest absolute Gasteiger partial charge is 0.496 e. The van der Waals surface area contributed by atoms with Gasteiger partial charge in [0.1, 0.15) is 11.5 Å². The van der Waals surface area contributed by atoms with Crippen molar-refractivity contribution >= 4 is 5.78 Å². The number of rotatable bonds is 4. The van der Waals surface area contributed by atoms with Crippen LogP contribution in [0.3, 0.4) is 0 Å². The number of ketones is 1. The predicted molar refractivity (Wildman–Crippen MR) is 58.1 cm³/mol. The van der Waals surface area contributed by atoms with Gasteiger partial charge in [0.15, 0.2) is 0 Å². The van der Waals surface area contributed by atoms with E-state index < -0.39 is 0 Å². The lowest BCUT2D eigenvalue weighted by Gasteiger charge is -2.25. The first-order chi connectivity index (χ1) is 7.31. The Morgan fingerprint density at radius 2 is 2.20 bits per heavy atom. The molecule has 0 atom stereocenters. The molecule has 1 aromatic carbocycles. The number of Topliss-reactive ketones (excluding diaryl/α,β-unsaturated/α-hetero) is 1. The second-order valence-corrected chi connectivity index (χ2v) is 3.81.